The summed E-state index contributed by atoms with van der Waals surface area (Å²) >= 11 is 0. The molecule has 1 aromatic rings. The lowest BCUT2D eigenvalue weighted by Gasteiger charge is -2.24. The summed E-state index contributed by atoms with van der Waals surface area (Å²) in [6.07, 6.45) is 2.26. The second kappa shape index (κ2) is 9.66. The van der Waals surface area contributed by atoms with E-state index in [2.05, 4.69) is 65.4 Å². The first-order valence-electron chi connectivity index (χ1n) is 7.60. The highest BCUT2D eigenvalue weighted by atomic mass is 15.3. The normalized spacial score (nSPS) is 11.1. The van der Waals surface area contributed by atoms with Crippen LogP contribution in [-0.2, 0) is 6.54 Å². The standard InChI is InChI=1S/C15H29N5/c1-5-9-16-13-14-7-8-15(18-17-14)20(10-6-2)12-11-19(3)4/h7-8,16H,5-6,9-13H2,1-4H3. The second-order valence-corrected chi connectivity index (χ2v) is 5.35. The van der Waals surface area contributed by atoms with Gasteiger partial charge in [-0.3, -0.25) is 0 Å². The van der Waals surface area contributed by atoms with Crippen molar-refractivity contribution >= 4 is 5.82 Å². The highest BCUT2D eigenvalue weighted by Crippen LogP contribution is 2.10. The molecule has 0 aliphatic heterocycles. The molecule has 114 valence electrons. The number of aromatic nitrogens is 2. The van der Waals surface area contributed by atoms with Crippen LogP contribution in [0.4, 0.5) is 5.82 Å². The summed E-state index contributed by atoms with van der Waals surface area (Å²) in [6.45, 7) is 9.22. The largest absolute Gasteiger partial charge is 0.354 e. The third-order valence-electron chi connectivity index (χ3n) is 3.07. The molecule has 0 radical (unpaired) electrons. The van der Waals surface area contributed by atoms with Crippen LogP contribution in [0.5, 0.6) is 0 Å². The van der Waals surface area contributed by atoms with Crippen LogP contribution in [0.15, 0.2) is 12.1 Å². The number of likely N-dealkylation sites (N-methyl/N-ethyl adjacent to an activating group) is 1. The van der Waals surface area contributed by atoms with E-state index in [4.69, 9.17) is 0 Å². The summed E-state index contributed by atoms with van der Waals surface area (Å²) in [4.78, 5) is 4.50. The van der Waals surface area contributed by atoms with E-state index >= 15 is 0 Å². The number of nitrogens with zero attached hydrogens (tertiary/aromatic N) is 4. The zero-order valence-electron chi connectivity index (χ0n) is 13.4. The van der Waals surface area contributed by atoms with Gasteiger partial charge in [0.25, 0.3) is 0 Å². The number of nitrogens with one attached hydrogen (secondary N) is 1. The Morgan fingerprint density at radius 2 is 1.80 bits per heavy atom. The van der Waals surface area contributed by atoms with Crippen LogP contribution < -0.4 is 10.2 Å². The molecular weight excluding hydrogens is 250 g/mol. The minimum atomic E-state index is 0.798. The molecule has 0 aromatic carbocycles. The van der Waals surface area contributed by atoms with E-state index in [-0.39, 0.29) is 0 Å². The van der Waals surface area contributed by atoms with E-state index in [1.165, 1.54) is 0 Å². The number of rotatable bonds is 10. The van der Waals surface area contributed by atoms with Crippen LogP contribution in [0.25, 0.3) is 0 Å². The maximum absolute atomic E-state index is 4.37. The summed E-state index contributed by atoms with van der Waals surface area (Å²) in [6, 6.07) is 4.16. The van der Waals surface area contributed by atoms with Crippen molar-refractivity contribution < 1.29 is 0 Å². The molecular formula is C15H29N5. The molecule has 0 amide bonds. The van der Waals surface area contributed by atoms with E-state index in [9.17, 15) is 0 Å². The van der Waals surface area contributed by atoms with Crippen molar-refractivity contribution in [2.24, 2.45) is 0 Å². The Kier molecular flexibility index (Phi) is 8.14. The van der Waals surface area contributed by atoms with Crippen LogP contribution >= 0.6 is 0 Å². The van der Waals surface area contributed by atoms with Gasteiger partial charge in [0.05, 0.1) is 5.69 Å². The lowest BCUT2D eigenvalue weighted by atomic mass is 10.3. The van der Waals surface area contributed by atoms with Crippen molar-refractivity contribution in [2.75, 3.05) is 45.2 Å². The third-order valence-corrected chi connectivity index (χ3v) is 3.07. The van der Waals surface area contributed by atoms with Gasteiger partial charge >= 0.3 is 0 Å². The fourth-order valence-electron chi connectivity index (χ4n) is 1.94. The van der Waals surface area contributed by atoms with E-state index in [1.54, 1.807) is 0 Å². The Bertz CT molecular complexity index is 350. The predicted octanol–water partition coefficient (Wildman–Crippen LogP) is 1.75. The highest BCUT2D eigenvalue weighted by molar-refractivity contribution is 5.37. The Morgan fingerprint density at radius 1 is 1.00 bits per heavy atom. The Labute approximate surface area is 123 Å². The first-order chi connectivity index (χ1) is 9.67. The van der Waals surface area contributed by atoms with Gasteiger partial charge in [-0.05, 0) is 45.6 Å². The van der Waals surface area contributed by atoms with Gasteiger partial charge in [-0.1, -0.05) is 13.8 Å². The van der Waals surface area contributed by atoms with E-state index < -0.39 is 0 Å². The maximum atomic E-state index is 4.37. The third kappa shape index (κ3) is 6.30. The smallest absolute Gasteiger partial charge is 0.151 e. The fraction of sp³-hybridized carbons (Fsp3) is 0.733. The van der Waals surface area contributed by atoms with Gasteiger partial charge in [0.2, 0.25) is 0 Å². The minimum absolute atomic E-state index is 0.798. The SMILES string of the molecule is CCCNCc1ccc(N(CCC)CCN(C)C)nn1. The van der Waals surface area contributed by atoms with Crippen LogP contribution in [0.3, 0.4) is 0 Å². The number of anilines is 1. The molecule has 0 fully saturated rings. The molecule has 0 saturated carbocycles. The molecule has 0 bridgehead atoms. The number of hydrogen-bond acceptors (Lipinski definition) is 5. The van der Waals surface area contributed by atoms with E-state index in [0.717, 1.165) is 57.1 Å². The van der Waals surface area contributed by atoms with Crippen molar-refractivity contribution in [1.82, 2.24) is 20.4 Å². The molecule has 0 atom stereocenters. The van der Waals surface area contributed by atoms with Crippen molar-refractivity contribution in [3.8, 4) is 0 Å². The van der Waals surface area contributed by atoms with Gasteiger partial charge in [-0.25, -0.2) is 0 Å². The Balaban J connectivity index is 2.57. The molecule has 1 rings (SSSR count). The summed E-state index contributed by atoms with van der Waals surface area (Å²) in [7, 11) is 4.19. The highest BCUT2D eigenvalue weighted by Gasteiger charge is 2.08. The Morgan fingerprint density at radius 3 is 2.35 bits per heavy atom. The number of hydrogen-bond donors (Lipinski definition) is 1. The molecule has 1 heterocycles. The molecule has 1 N–H and O–H groups in total. The summed E-state index contributed by atoms with van der Waals surface area (Å²) in [5.41, 5.74) is 1.01. The summed E-state index contributed by atoms with van der Waals surface area (Å²) < 4.78 is 0. The van der Waals surface area contributed by atoms with Crippen molar-refractivity contribution in [1.29, 1.82) is 0 Å². The van der Waals surface area contributed by atoms with Gasteiger partial charge in [0.1, 0.15) is 0 Å². The van der Waals surface area contributed by atoms with Crippen LogP contribution in [0.1, 0.15) is 32.4 Å². The molecule has 0 unspecified atom stereocenters. The molecule has 0 aliphatic carbocycles. The zero-order chi connectivity index (χ0) is 14.8. The summed E-state index contributed by atoms with van der Waals surface area (Å²) in [5, 5.41) is 12.0. The van der Waals surface area contributed by atoms with Gasteiger partial charge in [0, 0.05) is 26.2 Å². The van der Waals surface area contributed by atoms with Crippen molar-refractivity contribution in [2.45, 2.75) is 33.2 Å². The molecule has 0 aliphatic rings. The lowest BCUT2D eigenvalue weighted by molar-refractivity contribution is 0.412. The maximum Gasteiger partial charge on any atom is 0.151 e. The average Bonchev–Trinajstić information content (AvgIpc) is 2.44. The summed E-state index contributed by atoms with van der Waals surface area (Å²) in [5.74, 6) is 0.980. The van der Waals surface area contributed by atoms with Crippen LogP contribution in [-0.4, -0.2) is 55.4 Å². The van der Waals surface area contributed by atoms with Gasteiger partial charge < -0.3 is 15.1 Å². The first-order valence-corrected chi connectivity index (χ1v) is 7.60. The van der Waals surface area contributed by atoms with E-state index in [1.807, 2.05) is 0 Å². The molecule has 0 spiro atoms. The monoisotopic (exact) mass is 279 g/mol. The molecule has 5 nitrogen and oxygen atoms in total. The topological polar surface area (TPSA) is 44.3 Å². The predicted molar refractivity (Wildman–Crippen MR) is 85.1 cm³/mol. The molecule has 0 saturated heterocycles. The van der Waals surface area contributed by atoms with Gasteiger partial charge in [-0.2, -0.15) is 5.10 Å². The molecule has 1 aromatic heterocycles. The van der Waals surface area contributed by atoms with Crippen LogP contribution in [0, 0.1) is 0 Å². The quantitative estimate of drug-likeness (QED) is 0.661. The van der Waals surface area contributed by atoms with Gasteiger partial charge in [0.15, 0.2) is 5.82 Å². The first kappa shape index (κ1) is 16.9. The second-order valence-electron chi connectivity index (χ2n) is 5.35. The van der Waals surface area contributed by atoms with Gasteiger partial charge in [-0.15, -0.1) is 5.10 Å². The zero-order valence-corrected chi connectivity index (χ0v) is 13.4. The molecule has 20 heavy (non-hydrogen) atoms. The Hall–Kier alpha value is -1.20. The fourth-order valence-corrected chi connectivity index (χ4v) is 1.94. The lowest BCUT2D eigenvalue weighted by Crippen LogP contribution is -2.33. The average molecular weight is 279 g/mol. The van der Waals surface area contributed by atoms with Crippen molar-refractivity contribution in [3.63, 3.8) is 0 Å². The molecule has 5 heteroatoms. The minimum Gasteiger partial charge on any atom is -0.354 e. The van der Waals surface area contributed by atoms with Crippen molar-refractivity contribution in [3.05, 3.63) is 17.8 Å². The van der Waals surface area contributed by atoms with Crippen LogP contribution in [0.2, 0.25) is 0 Å². The van der Waals surface area contributed by atoms with E-state index in [0.29, 0.717) is 0 Å².